The summed E-state index contributed by atoms with van der Waals surface area (Å²) in [6.45, 7) is 4.73. The highest BCUT2D eigenvalue weighted by Gasteiger charge is 2.14. The lowest BCUT2D eigenvalue weighted by Crippen LogP contribution is -2.06. The van der Waals surface area contributed by atoms with Crippen molar-refractivity contribution in [1.82, 2.24) is 15.0 Å². The number of aryl methyl sites for hydroxylation is 1. The predicted octanol–water partition coefficient (Wildman–Crippen LogP) is 4.19. The number of nitrogens with one attached hydrogen (secondary N) is 1. The normalized spacial score (nSPS) is 10.6. The van der Waals surface area contributed by atoms with Gasteiger partial charge in [-0.15, -0.1) is 0 Å². The molecule has 2 rings (SSSR count). The molecule has 0 bridgehead atoms. The highest BCUT2D eigenvalue weighted by Crippen LogP contribution is 2.28. The lowest BCUT2D eigenvalue weighted by atomic mass is 10.3. The van der Waals surface area contributed by atoms with E-state index in [0.29, 0.717) is 21.6 Å². The van der Waals surface area contributed by atoms with Crippen LogP contribution in [0.5, 0.6) is 0 Å². The number of halogens is 3. The van der Waals surface area contributed by atoms with Gasteiger partial charge in [0, 0.05) is 12.7 Å². The number of aromatic nitrogens is 3. The monoisotopic (exact) mass is 408 g/mol. The maximum atomic E-state index is 6.14. The number of rotatable bonds is 3. The van der Waals surface area contributed by atoms with Crippen LogP contribution >= 0.6 is 45.8 Å². The second kappa shape index (κ2) is 6.19. The second-order valence-electron chi connectivity index (χ2n) is 3.81. The number of hydrogen-bond donors (Lipinski definition) is 1. The first-order chi connectivity index (χ1) is 9.02. The SMILES string of the molecule is CCNc1nc(-c2ncc(Cl)cc2Cl)nc(C)c1I. The van der Waals surface area contributed by atoms with Crippen LogP contribution in [0.15, 0.2) is 12.3 Å². The van der Waals surface area contributed by atoms with Crippen LogP contribution in [0.3, 0.4) is 0 Å². The van der Waals surface area contributed by atoms with E-state index in [0.717, 1.165) is 21.6 Å². The highest BCUT2D eigenvalue weighted by atomic mass is 127. The van der Waals surface area contributed by atoms with Gasteiger partial charge < -0.3 is 5.32 Å². The zero-order valence-corrected chi connectivity index (χ0v) is 14.0. The molecule has 2 aromatic heterocycles. The minimum absolute atomic E-state index is 0.440. The van der Waals surface area contributed by atoms with Crippen molar-refractivity contribution >= 4 is 51.6 Å². The van der Waals surface area contributed by atoms with Gasteiger partial charge in [0.05, 0.1) is 19.3 Å². The Morgan fingerprint density at radius 3 is 2.68 bits per heavy atom. The summed E-state index contributed by atoms with van der Waals surface area (Å²) < 4.78 is 0.994. The summed E-state index contributed by atoms with van der Waals surface area (Å²) in [5.41, 5.74) is 1.42. The summed E-state index contributed by atoms with van der Waals surface area (Å²) >= 11 is 14.2. The first-order valence-corrected chi connectivity index (χ1v) is 7.45. The van der Waals surface area contributed by atoms with Crippen LogP contribution in [0.1, 0.15) is 12.6 Å². The Hall–Kier alpha value is -0.660. The minimum atomic E-state index is 0.440. The Balaban J connectivity index is 2.56. The molecule has 19 heavy (non-hydrogen) atoms. The highest BCUT2D eigenvalue weighted by molar-refractivity contribution is 14.1. The molecular formula is C12H11Cl2IN4. The molecular weight excluding hydrogens is 398 g/mol. The summed E-state index contributed by atoms with van der Waals surface area (Å²) in [4.78, 5) is 13.1. The fraction of sp³-hybridized carbons (Fsp3) is 0.250. The Labute approximate surface area is 135 Å². The topological polar surface area (TPSA) is 50.7 Å². The molecule has 0 saturated heterocycles. The molecule has 0 aliphatic carbocycles. The fourth-order valence-electron chi connectivity index (χ4n) is 1.53. The number of pyridine rings is 1. The first kappa shape index (κ1) is 14.7. The van der Waals surface area contributed by atoms with Gasteiger partial charge in [-0.25, -0.2) is 15.0 Å². The molecule has 0 saturated carbocycles. The maximum absolute atomic E-state index is 6.14. The van der Waals surface area contributed by atoms with Crippen molar-refractivity contribution in [3.8, 4) is 11.5 Å². The van der Waals surface area contributed by atoms with E-state index < -0.39 is 0 Å². The third kappa shape index (κ3) is 3.27. The van der Waals surface area contributed by atoms with Crippen LogP contribution in [0, 0.1) is 10.5 Å². The molecule has 2 aromatic rings. The average Bonchev–Trinajstić information content (AvgIpc) is 2.35. The molecule has 7 heteroatoms. The van der Waals surface area contributed by atoms with E-state index in [4.69, 9.17) is 23.2 Å². The summed E-state index contributed by atoms with van der Waals surface area (Å²) in [5, 5.41) is 4.13. The van der Waals surface area contributed by atoms with E-state index in [-0.39, 0.29) is 0 Å². The lowest BCUT2D eigenvalue weighted by molar-refractivity contribution is 1.05. The van der Waals surface area contributed by atoms with Gasteiger partial charge in [0.1, 0.15) is 11.5 Å². The number of nitrogens with zero attached hydrogens (tertiary/aromatic N) is 3. The van der Waals surface area contributed by atoms with Gasteiger partial charge >= 0.3 is 0 Å². The fourth-order valence-corrected chi connectivity index (χ4v) is 2.43. The van der Waals surface area contributed by atoms with Crippen LogP contribution in [-0.4, -0.2) is 21.5 Å². The average molecular weight is 409 g/mol. The van der Waals surface area contributed by atoms with Gasteiger partial charge in [0.15, 0.2) is 5.82 Å². The van der Waals surface area contributed by atoms with Crippen molar-refractivity contribution in [1.29, 1.82) is 0 Å². The molecule has 0 aliphatic heterocycles. The smallest absolute Gasteiger partial charge is 0.182 e. The third-order valence-corrected chi connectivity index (χ3v) is 4.17. The molecule has 0 spiro atoms. The Bertz CT molecular complexity index is 619. The van der Waals surface area contributed by atoms with Crippen LogP contribution < -0.4 is 5.32 Å². The molecule has 2 heterocycles. The van der Waals surface area contributed by atoms with Crippen LogP contribution in [0.25, 0.3) is 11.5 Å². The summed E-state index contributed by atoms with van der Waals surface area (Å²) in [5.74, 6) is 1.29. The first-order valence-electron chi connectivity index (χ1n) is 5.62. The van der Waals surface area contributed by atoms with E-state index >= 15 is 0 Å². The van der Waals surface area contributed by atoms with Crippen LogP contribution in [-0.2, 0) is 0 Å². The Morgan fingerprint density at radius 2 is 2.05 bits per heavy atom. The van der Waals surface area contributed by atoms with Gasteiger partial charge in [-0.3, -0.25) is 0 Å². The van der Waals surface area contributed by atoms with Crippen molar-refractivity contribution in [3.63, 3.8) is 0 Å². The quantitative estimate of drug-likeness (QED) is 0.773. The van der Waals surface area contributed by atoms with Gasteiger partial charge in [-0.05, 0) is 42.5 Å². The third-order valence-electron chi connectivity index (χ3n) is 2.38. The summed E-state index contributed by atoms with van der Waals surface area (Å²) in [7, 11) is 0. The molecule has 0 amide bonds. The van der Waals surface area contributed by atoms with Gasteiger partial charge in [-0.2, -0.15) is 0 Å². The van der Waals surface area contributed by atoms with Crippen molar-refractivity contribution < 1.29 is 0 Å². The van der Waals surface area contributed by atoms with E-state index in [9.17, 15) is 0 Å². The van der Waals surface area contributed by atoms with Gasteiger partial charge in [-0.1, -0.05) is 23.2 Å². The molecule has 1 N–H and O–H groups in total. The molecule has 100 valence electrons. The standard InChI is InChI=1S/C12H11Cl2IN4/c1-3-16-11-9(15)6(2)18-12(19-11)10-8(14)4-7(13)5-17-10/h4-5H,3H2,1-2H3,(H,16,18,19). The molecule has 0 unspecified atom stereocenters. The van der Waals surface area contributed by atoms with Crippen molar-refractivity contribution in [2.45, 2.75) is 13.8 Å². The zero-order chi connectivity index (χ0) is 14.0. The lowest BCUT2D eigenvalue weighted by Gasteiger charge is -2.10. The molecule has 0 radical (unpaired) electrons. The van der Waals surface area contributed by atoms with E-state index in [1.54, 1.807) is 6.07 Å². The molecule has 0 aromatic carbocycles. The number of anilines is 1. The van der Waals surface area contributed by atoms with Crippen LogP contribution in [0.4, 0.5) is 5.82 Å². The summed E-state index contributed by atoms with van der Waals surface area (Å²) in [6.07, 6.45) is 1.53. The molecule has 0 atom stereocenters. The molecule has 0 aliphatic rings. The van der Waals surface area contributed by atoms with Crippen molar-refractivity contribution in [2.24, 2.45) is 0 Å². The summed E-state index contributed by atoms with van der Waals surface area (Å²) in [6, 6.07) is 1.63. The van der Waals surface area contributed by atoms with E-state index in [1.807, 2.05) is 13.8 Å². The predicted molar refractivity (Wildman–Crippen MR) is 86.9 cm³/mol. The van der Waals surface area contributed by atoms with Crippen molar-refractivity contribution in [3.05, 3.63) is 31.6 Å². The van der Waals surface area contributed by atoms with E-state index in [2.05, 4.69) is 42.9 Å². The molecule has 4 nitrogen and oxygen atoms in total. The zero-order valence-electron chi connectivity index (χ0n) is 10.3. The Kier molecular flexibility index (Phi) is 4.81. The molecule has 0 fully saturated rings. The van der Waals surface area contributed by atoms with Gasteiger partial charge in [0.25, 0.3) is 0 Å². The largest absolute Gasteiger partial charge is 0.369 e. The van der Waals surface area contributed by atoms with Gasteiger partial charge in [0.2, 0.25) is 0 Å². The number of hydrogen-bond acceptors (Lipinski definition) is 4. The van der Waals surface area contributed by atoms with Crippen LogP contribution in [0.2, 0.25) is 10.0 Å². The Morgan fingerprint density at radius 1 is 1.32 bits per heavy atom. The minimum Gasteiger partial charge on any atom is -0.369 e. The second-order valence-corrected chi connectivity index (χ2v) is 5.73. The van der Waals surface area contributed by atoms with Crippen molar-refractivity contribution in [2.75, 3.05) is 11.9 Å². The van der Waals surface area contributed by atoms with E-state index in [1.165, 1.54) is 6.20 Å². The maximum Gasteiger partial charge on any atom is 0.182 e.